The number of amides is 1. The molecule has 2 aliphatic heterocycles. The average molecular weight is 354 g/mol. The first-order valence-corrected chi connectivity index (χ1v) is 9.74. The number of aliphatic imine (C=N–C) groups is 1. The van der Waals surface area contributed by atoms with E-state index in [1.54, 1.807) is 0 Å². The van der Waals surface area contributed by atoms with Gasteiger partial charge in [0.1, 0.15) is 0 Å². The lowest BCUT2D eigenvalue weighted by Gasteiger charge is -2.26. The third kappa shape index (κ3) is 6.82. The van der Waals surface area contributed by atoms with Crippen molar-refractivity contribution in [2.45, 2.75) is 39.7 Å². The van der Waals surface area contributed by atoms with Crippen LogP contribution in [0.3, 0.4) is 0 Å². The predicted octanol–water partition coefficient (Wildman–Crippen LogP) is 0.521. The maximum absolute atomic E-state index is 12.1. The molecule has 2 fully saturated rings. The van der Waals surface area contributed by atoms with Crippen molar-refractivity contribution < 1.29 is 9.53 Å². The third-order valence-corrected chi connectivity index (χ3v) is 4.68. The van der Waals surface area contributed by atoms with Crippen LogP contribution < -0.4 is 10.6 Å². The first kappa shape index (κ1) is 20.0. The first-order valence-electron chi connectivity index (χ1n) is 9.74. The average Bonchev–Trinajstić information content (AvgIpc) is 3.07. The molecule has 0 radical (unpaired) electrons. The number of carbonyl (C=O) groups is 1. The van der Waals surface area contributed by atoms with Crippen molar-refractivity contribution in [3.05, 3.63) is 0 Å². The Labute approximate surface area is 152 Å². The molecule has 1 atom stereocenters. The summed E-state index contributed by atoms with van der Waals surface area (Å²) in [5.74, 6) is 1.19. The number of ether oxygens (including phenoxy) is 1. The van der Waals surface area contributed by atoms with Crippen LogP contribution in [0.15, 0.2) is 4.99 Å². The summed E-state index contributed by atoms with van der Waals surface area (Å²) < 4.78 is 5.37. The van der Waals surface area contributed by atoms with Crippen LogP contribution in [0.2, 0.25) is 0 Å². The molecule has 0 saturated carbocycles. The maximum Gasteiger partial charge on any atom is 0.225 e. The molecule has 0 spiro atoms. The highest BCUT2D eigenvalue weighted by Gasteiger charge is 2.27. The van der Waals surface area contributed by atoms with E-state index >= 15 is 0 Å². The minimum absolute atomic E-state index is 0.0702. The molecule has 7 nitrogen and oxygen atoms in total. The van der Waals surface area contributed by atoms with Crippen LogP contribution in [-0.4, -0.2) is 86.7 Å². The van der Waals surface area contributed by atoms with Crippen LogP contribution in [0, 0.1) is 5.92 Å². The van der Waals surface area contributed by atoms with Crippen molar-refractivity contribution in [2.75, 3.05) is 59.0 Å². The van der Waals surface area contributed by atoms with Gasteiger partial charge in [0.2, 0.25) is 5.91 Å². The minimum atomic E-state index is 0.0702. The molecule has 7 heteroatoms. The van der Waals surface area contributed by atoms with Crippen LogP contribution in [0.1, 0.15) is 33.6 Å². The second-order valence-electron chi connectivity index (χ2n) is 7.14. The van der Waals surface area contributed by atoms with E-state index in [4.69, 9.17) is 9.73 Å². The van der Waals surface area contributed by atoms with Gasteiger partial charge in [0.05, 0.1) is 13.2 Å². The molecule has 2 heterocycles. The summed E-state index contributed by atoms with van der Waals surface area (Å²) in [5.41, 5.74) is 0. The smallest absolute Gasteiger partial charge is 0.225 e. The van der Waals surface area contributed by atoms with Crippen LogP contribution in [0.25, 0.3) is 0 Å². The zero-order chi connectivity index (χ0) is 18.1. The number of nitrogens with zero attached hydrogens (tertiary/aromatic N) is 3. The van der Waals surface area contributed by atoms with E-state index < -0.39 is 0 Å². The molecule has 2 rings (SSSR count). The number of rotatable bonds is 7. The standard InChI is InChI=1S/C18H35N5O2/c1-4-19-18(20-7-5-8-22-10-12-25-13-11-22)21-16-6-9-23(14-16)17(24)15(2)3/h15-16H,4-14H2,1-3H3,(H2,19,20,21). The van der Waals surface area contributed by atoms with Gasteiger partial charge in [-0.2, -0.15) is 0 Å². The summed E-state index contributed by atoms with van der Waals surface area (Å²) in [4.78, 5) is 21.2. The summed E-state index contributed by atoms with van der Waals surface area (Å²) in [7, 11) is 0. The zero-order valence-corrected chi connectivity index (χ0v) is 16.1. The zero-order valence-electron chi connectivity index (χ0n) is 16.1. The highest BCUT2D eigenvalue weighted by molar-refractivity contribution is 5.81. The lowest BCUT2D eigenvalue weighted by atomic mass is 10.2. The Morgan fingerprint density at radius 3 is 2.72 bits per heavy atom. The summed E-state index contributed by atoms with van der Waals surface area (Å²) in [5, 5.41) is 6.81. The van der Waals surface area contributed by atoms with Crippen LogP contribution >= 0.6 is 0 Å². The van der Waals surface area contributed by atoms with E-state index in [1.807, 2.05) is 18.7 Å². The van der Waals surface area contributed by atoms with Crippen LogP contribution in [0.4, 0.5) is 0 Å². The molecule has 144 valence electrons. The topological polar surface area (TPSA) is 69.2 Å². The molecule has 0 aromatic heterocycles. The van der Waals surface area contributed by atoms with Crippen LogP contribution in [-0.2, 0) is 9.53 Å². The Bertz CT molecular complexity index is 435. The Hall–Kier alpha value is -1.34. The summed E-state index contributed by atoms with van der Waals surface area (Å²) in [6.45, 7) is 14.1. The number of carbonyl (C=O) groups excluding carboxylic acids is 1. The van der Waals surface area contributed by atoms with Gasteiger partial charge in [0.15, 0.2) is 5.96 Å². The van der Waals surface area contributed by atoms with E-state index in [0.29, 0.717) is 6.04 Å². The number of likely N-dealkylation sites (tertiary alicyclic amines) is 1. The fourth-order valence-electron chi connectivity index (χ4n) is 3.27. The van der Waals surface area contributed by atoms with Crippen LogP contribution in [0.5, 0.6) is 0 Å². The van der Waals surface area contributed by atoms with Gasteiger partial charge in [-0.15, -0.1) is 0 Å². The van der Waals surface area contributed by atoms with Gasteiger partial charge < -0.3 is 20.3 Å². The van der Waals surface area contributed by atoms with Gasteiger partial charge in [-0.25, -0.2) is 0 Å². The lowest BCUT2D eigenvalue weighted by molar-refractivity contribution is -0.133. The van der Waals surface area contributed by atoms with Gasteiger partial charge in [-0.3, -0.25) is 14.7 Å². The second-order valence-corrected chi connectivity index (χ2v) is 7.14. The molecular weight excluding hydrogens is 318 g/mol. The first-order chi connectivity index (χ1) is 12.1. The summed E-state index contributed by atoms with van der Waals surface area (Å²) in [6.07, 6.45) is 2.04. The number of morpholine rings is 1. The van der Waals surface area contributed by atoms with Crippen molar-refractivity contribution in [1.29, 1.82) is 0 Å². The van der Waals surface area contributed by atoms with Gasteiger partial charge in [0, 0.05) is 57.8 Å². The number of hydrogen-bond acceptors (Lipinski definition) is 4. The van der Waals surface area contributed by atoms with E-state index in [1.165, 1.54) is 0 Å². The third-order valence-electron chi connectivity index (χ3n) is 4.68. The fraction of sp³-hybridized carbons (Fsp3) is 0.889. The molecule has 0 aliphatic carbocycles. The predicted molar refractivity (Wildman–Crippen MR) is 101 cm³/mol. The second kappa shape index (κ2) is 10.6. The van der Waals surface area contributed by atoms with Gasteiger partial charge in [-0.1, -0.05) is 13.8 Å². The normalized spacial score (nSPS) is 22.5. The number of guanidine groups is 1. The van der Waals surface area contributed by atoms with E-state index in [9.17, 15) is 4.79 Å². The highest BCUT2D eigenvalue weighted by Crippen LogP contribution is 2.12. The van der Waals surface area contributed by atoms with E-state index in [-0.39, 0.29) is 11.8 Å². The lowest BCUT2D eigenvalue weighted by Crippen LogP contribution is -2.45. The molecule has 2 aliphatic rings. The Balaban J connectivity index is 1.73. The summed E-state index contributed by atoms with van der Waals surface area (Å²) in [6, 6.07) is 0.291. The van der Waals surface area contributed by atoms with E-state index in [2.05, 4.69) is 22.5 Å². The number of hydrogen-bond donors (Lipinski definition) is 2. The molecule has 0 aromatic rings. The largest absolute Gasteiger partial charge is 0.379 e. The minimum Gasteiger partial charge on any atom is -0.379 e. The molecular formula is C18H35N5O2. The molecule has 1 amide bonds. The van der Waals surface area contributed by atoms with Crippen molar-refractivity contribution in [3.8, 4) is 0 Å². The Morgan fingerprint density at radius 1 is 1.28 bits per heavy atom. The molecule has 25 heavy (non-hydrogen) atoms. The van der Waals surface area contributed by atoms with E-state index in [0.717, 1.165) is 77.8 Å². The monoisotopic (exact) mass is 353 g/mol. The number of nitrogens with one attached hydrogen (secondary N) is 2. The van der Waals surface area contributed by atoms with Crippen molar-refractivity contribution in [2.24, 2.45) is 10.9 Å². The van der Waals surface area contributed by atoms with Crippen molar-refractivity contribution in [3.63, 3.8) is 0 Å². The van der Waals surface area contributed by atoms with Gasteiger partial charge >= 0.3 is 0 Å². The maximum atomic E-state index is 12.1. The van der Waals surface area contributed by atoms with Crippen molar-refractivity contribution in [1.82, 2.24) is 20.4 Å². The van der Waals surface area contributed by atoms with Gasteiger partial charge in [0.25, 0.3) is 0 Å². The van der Waals surface area contributed by atoms with Gasteiger partial charge in [-0.05, 0) is 19.8 Å². The molecule has 2 saturated heterocycles. The highest BCUT2D eigenvalue weighted by atomic mass is 16.5. The molecule has 2 N–H and O–H groups in total. The SMILES string of the molecule is CCNC(=NCCCN1CCOCC1)NC1CCN(C(=O)C(C)C)C1. The molecule has 1 unspecified atom stereocenters. The molecule has 0 aromatic carbocycles. The molecule has 0 bridgehead atoms. The Morgan fingerprint density at radius 2 is 2.04 bits per heavy atom. The Kier molecular flexibility index (Phi) is 8.48. The fourth-order valence-corrected chi connectivity index (χ4v) is 3.27. The summed E-state index contributed by atoms with van der Waals surface area (Å²) >= 11 is 0. The van der Waals surface area contributed by atoms with Crippen molar-refractivity contribution >= 4 is 11.9 Å². The quantitative estimate of drug-likeness (QED) is 0.397.